The first-order valence-electron chi connectivity index (χ1n) is 6.23. The second kappa shape index (κ2) is 5.87. The summed E-state index contributed by atoms with van der Waals surface area (Å²) in [5.41, 5.74) is 1.15. The Kier molecular flexibility index (Phi) is 4.65. The highest BCUT2D eigenvalue weighted by Crippen LogP contribution is 2.39. The number of hydrogen-bond acceptors (Lipinski definition) is 0. The maximum Gasteiger partial charge on any atom is 0.248 e. The largest absolute Gasteiger partial charge is 0.248 e. The van der Waals surface area contributed by atoms with Crippen molar-refractivity contribution in [1.29, 1.82) is 0 Å². The highest BCUT2D eigenvalue weighted by atomic mass is 79.9. The standard InChI is InChI=1S/C14H16BrClF2/c15-13(9-10-2-1-3-12(16)8-10)11-4-6-14(17,18)7-5-11/h1-3,8,11,13H,4-7,9H2. The second-order valence-electron chi connectivity index (χ2n) is 5.04. The fourth-order valence-electron chi connectivity index (χ4n) is 2.48. The SMILES string of the molecule is FC1(F)CCC(C(Br)Cc2cccc(Cl)c2)CC1. The molecule has 1 aliphatic rings. The molecule has 0 saturated heterocycles. The van der Waals surface area contributed by atoms with Crippen LogP contribution in [0.4, 0.5) is 8.78 Å². The second-order valence-corrected chi connectivity index (χ2v) is 6.66. The Morgan fingerprint density at radius 1 is 1.33 bits per heavy atom. The average molecular weight is 338 g/mol. The summed E-state index contributed by atoms with van der Waals surface area (Å²) in [6, 6.07) is 7.73. The van der Waals surface area contributed by atoms with E-state index in [4.69, 9.17) is 11.6 Å². The van der Waals surface area contributed by atoms with Crippen LogP contribution >= 0.6 is 27.5 Å². The van der Waals surface area contributed by atoms with E-state index in [1.165, 1.54) is 0 Å². The molecule has 100 valence electrons. The molecule has 1 unspecified atom stereocenters. The van der Waals surface area contributed by atoms with Crippen LogP contribution in [0.5, 0.6) is 0 Å². The van der Waals surface area contributed by atoms with Gasteiger partial charge in [0, 0.05) is 22.7 Å². The lowest BCUT2D eigenvalue weighted by atomic mass is 9.83. The summed E-state index contributed by atoms with van der Waals surface area (Å²) in [6.07, 6.45) is 2.09. The summed E-state index contributed by atoms with van der Waals surface area (Å²) in [5, 5.41) is 0.724. The van der Waals surface area contributed by atoms with Crippen molar-refractivity contribution in [2.24, 2.45) is 5.92 Å². The molecule has 1 aliphatic carbocycles. The van der Waals surface area contributed by atoms with E-state index in [2.05, 4.69) is 15.9 Å². The summed E-state index contributed by atoms with van der Waals surface area (Å²) in [4.78, 5) is 0.257. The van der Waals surface area contributed by atoms with E-state index in [0.717, 1.165) is 17.0 Å². The predicted octanol–water partition coefficient (Wildman–Crippen LogP) is 5.47. The highest BCUT2D eigenvalue weighted by Gasteiger charge is 2.36. The highest BCUT2D eigenvalue weighted by molar-refractivity contribution is 9.09. The zero-order chi connectivity index (χ0) is 13.2. The quantitative estimate of drug-likeness (QED) is 0.641. The van der Waals surface area contributed by atoms with Crippen molar-refractivity contribution >= 4 is 27.5 Å². The molecule has 0 bridgehead atoms. The Hall–Kier alpha value is -0.150. The fourth-order valence-corrected chi connectivity index (χ4v) is 3.60. The van der Waals surface area contributed by atoms with Gasteiger partial charge in [0.25, 0.3) is 0 Å². The molecule has 0 radical (unpaired) electrons. The molecule has 4 heteroatoms. The van der Waals surface area contributed by atoms with Gasteiger partial charge < -0.3 is 0 Å². The third-order valence-corrected chi connectivity index (χ3v) is 4.90. The number of hydrogen-bond donors (Lipinski definition) is 0. The minimum absolute atomic E-state index is 0.0231. The first-order chi connectivity index (χ1) is 8.46. The Balaban J connectivity index is 1.91. The summed E-state index contributed by atoms with van der Waals surface area (Å²) >= 11 is 9.59. The smallest absolute Gasteiger partial charge is 0.207 e. The van der Waals surface area contributed by atoms with E-state index in [-0.39, 0.29) is 17.7 Å². The van der Waals surface area contributed by atoms with E-state index in [0.29, 0.717) is 18.8 Å². The molecule has 1 atom stereocenters. The number of alkyl halides is 3. The molecule has 18 heavy (non-hydrogen) atoms. The van der Waals surface area contributed by atoms with E-state index in [1.807, 2.05) is 24.3 Å². The average Bonchev–Trinajstić information content (AvgIpc) is 2.28. The molecule has 0 nitrogen and oxygen atoms in total. The van der Waals surface area contributed by atoms with Crippen LogP contribution in [0.25, 0.3) is 0 Å². The Labute approximate surface area is 120 Å². The first kappa shape index (κ1) is 14.3. The van der Waals surface area contributed by atoms with Crippen LogP contribution in [-0.2, 0) is 6.42 Å². The maximum atomic E-state index is 13.1. The Morgan fingerprint density at radius 2 is 2.00 bits per heavy atom. The number of benzene rings is 1. The third kappa shape index (κ3) is 3.92. The van der Waals surface area contributed by atoms with Gasteiger partial charge in [0.15, 0.2) is 0 Å². The summed E-state index contributed by atoms with van der Waals surface area (Å²) in [7, 11) is 0. The molecule has 1 aromatic rings. The van der Waals surface area contributed by atoms with Crippen molar-refractivity contribution in [2.75, 3.05) is 0 Å². The molecule has 1 aromatic carbocycles. The van der Waals surface area contributed by atoms with E-state index in [1.54, 1.807) is 0 Å². The first-order valence-corrected chi connectivity index (χ1v) is 7.52. The minimum Gasteiger partial charge on any atom is -0.207 e. The van der Waals surface area contributed by atoms with E-state index < -0.39 is 5.92 Å². The molecule has 0 aliphatic heterocycles. The van der Waals surface area contributed by atoms with Crippen molar-refractivity contribution in [1.82, 2.24) is 0 Å². The van der Waals surface area contributed by atoms with Gasteiger partial charge in [-0.3, -0.25) is 0 Å². The third-order valence-electron chi connectivity index (χ3n) is 3.59. The van der Waals surface area contributed by atoms with Gasteiger partial charge >= 0.3 is 0 Å². The topological polar surface area (TPSA) is 0 Å². The molecule has 0 heterocycles. The van der Waals surface area contributed by atoms with Gasteiger partial charge in [0.1, 0.15) is 0 Å². The van der Waals surface area contributed by atoms with Gasteiger partial charge in [-0.2, -0.15) is 0 Å². The van der Waals surface area contributed by atoms with Crippen LogP contribution < -0.4 is 0 Å². The Bertz CT molecular complexity index is 399. The molecule has 1 saturated carbocycles. The molecular formula is C14H16BrClF2. The lowest BCUT2D eigenvalue weighted by Gasteiger charge is -2.31. The van der Waals surface area contributed by atoms with Gasteiger partial charge in [-0.1, -0.05) is 39.7 Å². The van der Waals surface area contributed by atoms with E-state index >= 15 is 0 Å². The van der Waals surface area contributed by atoms with Gasteiger partial charge in [-0.15, -0.1) is 0 Å². The van der Waals surface area contributed by atoms with Gasteiger partial charge in [-0.05, 0) is 42.9 Å². The zero-order valence-electron chi connectivity index (χ0n) is 10.0. The van der Waals surface area contributed by atoms with Crippen LogP contribution in [0.15, 0.2) is 24.3 Å². The van der Waals surface area contributed by atoms with Gasteiger partial charge in [-0.25, -0.2) is 8.78 Å². The molecular weight excluding hydrogens is 322 g/mol. The number of halogens is 4. The van der Waals surface area contributed by atoms with Crippen molar-refractivity contribution in [3.63, 3.8) is 0 Å². The molecule has 0 spiro atoms. The lowest BCUT2D eigenvalue weighted by molar-refractivity contribution is -0.0456. The lowest BCUT2D eigenvalue weighted by Crippen LogP contribution is -2.29. The minimum atomic E-state index is -2.45. The summed E-state index contributed by atoms with van der Waals surface area (Å²) in [6.45, 7) is 0. The van der Waals surface area contributed by atoms with Crippen molar-refractivity contribution < 1.29 is 8.78 Å². The predicted molar refractivity (Wildman–Crippen MR) is 74.8 cm³/mol. The zero-order valence-corrected chi connectivity index (χ0v) is 12.4. The van der Waals surface area contributed by atoms with Crippen LogP contribution in [0.2, 0.25) is 5.02 Å². The molecule has 0 aromatic heterocycles. The molecule has 2 rings (SSSR count). The van der Waals surface area contributed by atoms with Crippen molar-refractivity contribution in [2.45, 2.75) is 42.9 Å². The van der Waals surface area contributed by atoms with Crippen LogP contribution in [0.3, 0.4) is 0 Å². The summed E-state index contributed by atoms with van der Waals surface area (Å²) in [5.74, 6) is -2.11. The fraction of sp³-hybridized carbons (Fsp3) is 0.571. The molecule has 0 amide bonds. The van der Waals surface area contributed by atoms with Crippen LogP contribution in [0.1, 0.15) is 31.2 Å². The van der Waals surface area contributed by atoms with Crippen molar-refractivity contribution in [3.05, 3.63) is 34.9 Å². The molecule has 1 fully saturated rings. The molecule has 0 N–H and O–H groups in total. The van der Waals surface area contributed by atoms with Gasteiger partial charge in [0.05, 0.1) is 0 Å². The maximum absolute atomic E-state index is 13.1. The van der Waals surface area contributed by atoms with Crippen LogP contribution in [0, 0.1) is 5.92 Å². The monoisotopic (exact) mass is 336 g/mol. The van der Waals surface area contributed by atoms with Crippen molar-refractivity contribution in [3.8, 4) is 0 Å². The number of rotatable bonds is 3. The Morgan fingerprint density at radius 3 is 2.61 bits per heavy atom. The van der Waals surface area contributed by atoms with Crippen LogP contribution in [-0.4, -0.2) is 10.7 Å². The normalized spacial score (nSPS) is 21.8. The van der Waals surface area contributed by atoms with Gasteiger partial charge in [0.2, 0.25) is 5.92 Å². The summed E-state index contributed by atoms with van der Waals surface area (Å²) < 4.78 is 26.2. The van der Waals surface area contributed by atoms with E-state index in [9.17, 15) is 8.78 Å².